The van der Waals surface area contributed by atoms with Crippen molar-refractivity contribution in [3.8, 4) is 0 Å². The molecule has 5 heteroatoms. The fraction of sp³-hybridized carbons (Fsp3) is 0.417. The normalized spacial score (nSPS) is 15.5. The molecule has 3 aromatic rings. The highest BCUT2D eigenvalue weighted by Gasteiger charge is 2.22. The minimum absolute atomic E-state index is 0.689. The molecule has 150 valence electrons. The number of nitrogens with zero attached hydrogens (tertiary/aromatic N) is 4. The summed E-state index contributed by atoms with van der Waals surface area (Å²) in [4.78, 5) is 11.5. The summed E-state index contributed by atoms with van der Waals surface area (Å²) in [5.74, 6) is 1.91. The molecule has 1 aliphatic heterocycles. The second-order valence-electron chi connectivity index (χ2n) is 8.05. The van der Waals surface area contributed by atoms with Crippen molar-refractivity contribution >= 4 is 28.4 Å². The molecule has 2 heterocycles. The van der Waals surface area contributed by atoms with E-state index in [0.29, 0.717) is 5.92 Å². The molecule has 2 aromatic carbocycles. The van der Waals surface area contributed by atoms with Gasteiger partial charge in [0.1, 0.15) is 5.82 Å². The van der Waals surface area contributed by atoms with Gasteiger partial charge in [-0.15, -0.1) is 0 Å². The topological polar surface area (TPSA) is 33.4 Å². The fourth-order valence-electron chi connectivity index (χ4n) is 4.24. The zero-order valence-electron chi connectivity index (χ0n) is 17.1. The number of para-hydroxylation sites is 2. The molecule has 0 spiro atoms. The molecule has 1 fully saturated rings. The number of rotatable bonds is 7. The first kappa shape index (κ1) is 20.0. The van der Waals surface area contributed by atoms with Crippen LogP contribution >= 0.6 is 12.2 Å². The standard InChI is InChI=1S/C24H28N4S/c1-19-6-8-21(9-7-19)17-28-23-5-3-2-4-22(23)26-24(28)16-20-10-13-27(14-11-20)15-12-25-18-29/h2-9,20H,10-17H2,1H3. The molecule has 0 amide bonds. The number of aryl methyl sites for hydroxylation is 1. The van der Waals surface area contributed by atoms with Crippen molar-refractivity contribution in [3.63, 3.8) is 0 Å². The number of aliphatic imine (C=N–C) groups is 1. The van der Waals surface area contributed by atoms with Gasteiger partial charge in [0.15, 0.2) is 0 Å². The van der Waals surface area contributed by atoms with Crippen LogP contribution in [0.4, 0.5) is 0 Å². The minimum atomic E-state index is 0.689. The summed E-state index contributed by atoms with van der Waals surface area (Å²) >= 11 is 4.66. The Morgan fingerprint density at radius 2 is 1.86 bits per heavy atom. The third-order valence-electron chi connectivity index (χ3n) is 5.97. The minimum Gasteiger partial charge on any atom is -0.323 e. The van der Waals surface area contributed by atoms with Gasteiger partial charge < -0.3 is 9.47 Å². The molecule has 4 nitrogen and oxygen atoms in total. The van der Waals surface area contributed by atoms with Crippen molar-refractivity contribution in [2.45, 2.75) is 32.7 Å². The van der Waals surface area contributed by atoms with Crippen molar-refractivity contribution < 1.29 is 0 Å². The first-order valence-corrected chi connectivity index (χ1v) is 10.9. The third-order valence-corrected chi connectivity index (χ3v) is 6.09. The van der Waals surface area contributed by atoms with Crippen LogP contribution in [0.1, 0.15) is 29.8 Å². The van der Waals surface area contributed by atoms with Gasteiger partial charge >= 0.3 is 0 Å². The summed E-state index contributed by atoms with van der Waals surface area (Å²) < 4.78 is 2.42. The van der Waals surface area contributed by atoms with Crippen molar-refractivity contribution in [1.29, 1.82) is 0 Å². The predicted molar refractivity (Wildman–Crippen MR) is 123 cm³/mol. The summed E-state index contributed by atoms with van der Waals surface area (Å²) in [6, 6.07) is 17.4. The van der Waals surface area contributed by atoms with Crippen LogP contribution in [-0.2, 0) is 13.0 Å². The number of imidazole rings is 1. The van der Waals surface area contributed by atoms with Crippen LogP contribution in [0.2, 0.25) is 0 Å². The van der Waals surface area contributed by atoms with E-state index in [1.54, 1.807) is 0 Å². The molecule has 4 rings (SSSR count). The lowest BCUT2D eigenvalue weighted by molar-refractivity contribution is 0.187. The van der Waals surface area contributed by atoms with E-state index in [1.165, 1.54) is 35.3 Å². The van der Waals surface area contributed by atoms with Gasteiger partial charge in [-0.2, -0.15) is 0 Å². The summed E-state index contributed by atoms with van der Waals surface area (Å²) in [7, 11) is 0. The highest BCUT2D eigenvalue weighted by molar-refractivity contribution is 7.78. The van der Waals surface area contributed by atoms with E-state index in [2.05, 4.69) is 87.3 Å². The van der Waals surface area contributed by atoms with Crippen molar-refractivity contribution in [1.82, 2.24) is 14.5 Å². The molecule has 0 unspecified atom stereocenters. The van der Waals surface area contributed by atoms with Gasteiger partial charge in [0.05, 0.1) is 22.7 Å². The van der Waals surface area contributed by atoms with Gasteiger partial charge in [0, 0.05) is 19.5 Å². The zero-order valence-corrected chi connectivity index (χ0v) is 17.9. The van der Waals surface area contributed by atoms with Crippen molar-refractivity contribution in [3.05, 3.63) is 65.5 Å². The maximum absolute atomic E-state index is 5.01. The third kappa shape index (κ3) is 4.99. The largest absolute Gasteiger partial charge is 0.323 e. The van der Waals surface area contributed by atoms with Crippen LogP contribution < -0.4 is 0 Å². The van der Waals surface area contributed by atoms with Crippen LogP contribution in [0.3, 0.4) is 0 Å². The number of aromatic nitrogens is 2. The molecule has 1 aromatic heterocycles. The molecular formula is C24H28N4S. The smallest absolute Gasteiger partial charge is 0.110 e. The van der Waals surface area contributed by atoms with Crippen LogP contribution in [0, 0.1) is 12.8 Å². The second kappa shape index (κ2) is 9.45. The van der Waals surface area contributed by atoms with Gasteiger partial charge in [0.25, 0.3) is 0 Å². The maximum Gasteiger partial charge on any atom is 0.110 e. The predicted octanol–water partition coefficient (Wildman–Crippen LogP) is 4.75. The van der Waals surface area contributed by atoms with Crippen LogP contribution in [0.25, 0.3) is 11.0 Å². The number of benzene rings is 2. The van der Waals surface area contributed by atoms with Crippen LogP contribution in [-0.4, -0.2) is 45.8 Å². The number of piperidine rings is 1. The Kier molecular flexibility index (Phi) is 6.50. The van der Waals surface area contributed by atoms with Gasteiger partial charge in [-0.3, -0.25) is 0 Å². The lowest BCUT2D eigenvalue weighted by atomic mass is 9.93. The van der Waals surface area contributed by atoms with Crippen LogP contribution in [0.15, 0.2) is 53.5 Å². The SMILES string of the molecule is Cc1ccc(Cn2c(CC3CCN(CCN=C=S)CC3)nc3ccccc32)cc1. The molecule has 0 aliphatic carbocycles. The highest BCUT2D eigenvalue weighted by atomic mass is 32.1. The number of hydrogen-bond acceptors (Lipinski definition) is 4. The molecule has 29 heavy (non-hydrogen) atoms. The van der Waals surface area contributed by atoms with Gasteiger partial charge in [0.2, 0.25) is 0 Å². The van der Waals surface area contributed by atoms with E-state index in [0.717, 1.165) is 44.7 Å². The summed E-state index contributed by atoms with van der Waals surface area (Å²) in [5, 5.41) is 2.46. The molecule has 0 atom stereocenters. The van der Waals surface area contributed by atoms with E-state index in [1.807, 2.05) is 0 Å². The second-order valence-corrected chi connectivity index (χ2v) is 8.23. The first-order chi connectivity index (χ1) is 14.2. The lowest BCUT2D eigenvalue weighted by Crippen LogP contribution is -2.36. The van der Waals surface area contributed by atoms with Gasteiger partial charge in [-0.1, -0.05) is 42.0 Å². The Balaban J connectivity index is 1.48. The molecule has 0 N–H and O–H groups in total. The van der Waals surface area contributed by atoms with Crippen molar-refractivity contribution in [2.24, 2.45) is 10.9 Å². The Hall–Kier alpha value is -2.33. The van der Waals surface area contributed by atoms with Gasteiger partial charge in [-0.05, 0) is 68.7 Å². The Morgan fingerprint density at radius 1 is 1.10 bits per heavy atom. The van der Waals surface area contributed by atoms with E-state index in [9.17, 15) is 0 Å². The number of likely N-dealkylation sites (tertiary alicyclic amines) is 1. The summed E-state index contributed by atoms with van der Waals surface area (Å²) in [5.41, 5.74) is 4.96. The Morgan fingerprint density at radius 3 is 2.62 bits per heavy atom. The molecule has 0 saturated carbocycles. The Bertz CT molecular complexity index is 993. The number of fused-ring (bicyclic) bond motifs is 1. The van der Waals surface area contributed by atoms with E-state index in [4.69, 9.17) is 4.98 Å². The fourth-order valence-corrected chi connectivity index (χ4v) is 4.33. The van der Waals surface area contributed by atoms with Crippen molar-refractivity contribution in [2.75, 3.05) is 26.2 Å². The summed E-state index contributed by atoms with van der Waals surface area (Å²) in [6.07, 6.45) is 3.48. The van der Waals surface area contributed by atoms with E-state index >= 15 is 0 Å². The quantitative estimate of drug-likeness (QED) is 0.421. The molecule has 0 radical (unpaired) electrons. The summed E-state index contributed by atoms with van der Waals surface area (Å²) in [6.45, 7) is 7.04. The maximum atomic E-state index is 5.01. The number of thiocarbonyl (C=S) groups is 1. The highest BCUT2D eigenvalue weighted by Crippen LogP contribution is 2.25. The average Bonchev–Trinajstić information content (AvgIpc) is 3.08. The number of hydrogen-bond donors (Lipinski definition) is 0. The molecule has 1 saturated heterocycles. The monoisotopic (exact) mass is 404 g/mol. The molecular weight excluding hydrogens is 376 g/mol. The van der Waals surface area contributed by atoms with E-state index < -0.39 is 0 Å². The Labute approximate surface area is 178 Å². The number of isothiocyanates is 1. The average molecular weight is 405 g/mol. The lowest BCUT2D eigenvalue weighted by Gasteiger charge is -2.31. The van der Waals surface area contributed by atoms with Gasteiger partial charge in [-0.25, -0.2) is 9.98 Å². The van der Waals surface area contributed by atoms with E-state index in [-0.39, 0.29) is 0 Å². The van der Waals surface area contributed by atoms with Crippen LogP contribution in [0.5, 0.6) is 0 Å². The molecule has 1 aliphatic rings. The first-order valence-electron chi connectivity index (χ1n) is 10.5. The zero-order chi connectivity index (χ0) is 20.1. The molecule has 0 bridgehead atoms.